The molecule has 5 nitrogen and oxygen atoms in total. The van der Waals surface area contributed by atoms with Gasteiger partial charge in [0.1, 0.15) is 11.6 Å². The Balaban J connectivity index is 1.84. The molecule has 2 amide bonds. The van der Waals surface area contributed by atoms with E-state index in [1.807, 2.05) is 32.0 Å². The van der Waals surface area contributed by atoms with E-state index >= 15 is 0 Å². The summed E-state index contributed by atoms with van der Waals surface area (Å²) in [7, 11) is 0. The van der Waals surface area contributed by atoms with Gasteiger partial charge in [-0.1, -0.05) is 12.1 Å². The molecule has 1 fully saturated rings. The highest BCUT2D eigenvalue weighted by molar-refractivity contribution is 6.27. The van der Waals surface area contributed by atoms with Crippen molar-refractivity contribution >= 4 is 23.4 Å². The van der Waals surface area contributed by atoms with Gasteiger partial charge in [-0.15, -0.1) is 11.6 Å². The van der Waals surface area contributed by atoms with Gasteiger partial charge in [-0.2, -0.15) is 0 Å². The van der Waals surface area contributed by atoms with Crippen LogP contribution in [0.4, 0.5) is 0 Å². The zero-order valence-electron chi connectivity index (χ0n) is 13.0. The van der Waals surface area contributed by atoms with Crippen LogP contribution >= 0.6 is 11.6 Å². The number of rotatable bonds is 4. The zero-order valence-corrected chi connectivity index (χ0v) is 13.7. The summed E-state index contributed by atoms with van der Waals surface area (Å²) in [4.78, 5) is 27.1. The molecule has 1 aromatic carbocycles. The van der Waals surface area contributed by atoms with Crippen LogP contribution < -0.4 is 4.74 Å². The lowest BCUT2D eigenvalue weighted by Crippen LogP contribution is -2.51. The first-order chi connectivity index (χ1) is 10.5. The predicted octanol–water partition coefficient (Wildman–Crippen LogP) is 1.59. The third-order valence-electron chi connectivity index (χ3n) is 4.01. The minimum atomic E-state index is -0.0830. The Hall–Kier alpha value is -1.75. The molecule has 1 saturated heterocycles. The Morgan fingerprint density at radius 1 is 1.09 bits per heavy atom. The number of benzene rings is 1. The third-order valence-corrected chi connectivity index (χ3v) is 4.23. The van der Waals surface area contributed by atoms with Crippen molar-refractivity contribution < 1.29 is 14.3 Å². The maximum absolute atomic E-state index is 12.2. The van der Waals surface area contributed by atoms with Gasteiger partial charge in [-0.3, -0.25) is 9.59 Å². The number of halogens is 1. The number of hydrogen-bond acceptors (Lipinski definition) is 3. The number of hydrogen-bond donors (Lipinski definition) is 0. The standard InChI is InChI=1S/C16H21ClN2O3/c1-12-4-3-5-14(13(12)2)22-11-16(21)19-8-6-18(7-9-19)15(20)10-17/h3-5H,6-11H2,1-2H3. The summed E-state index contributed by atoms with van der Waals surface area (Å²) in [5.74, 6) is 0.590. The number of carbonyl (C=O) groups is 2. The molecule has 0 bridgehead atoms. The fourth-order valence-corrected chi connectivity index (χ4v) is 2.57. The highest BCUT2D eigenvalue weighted by Crippen LogP contribution is 2.20. The van der Waals surface area contributed by atoms with Gasteiger partial charge < -0.3 is 14.5 Å². The van der Waals surface area contributed by atoms with E-state index in [-0.39, 0.29) is 24.3 Å². The van der Waals surface area contributed by atoms with Gasteiger partial charge in [-0.05, 0) is 31.0 Å². The number of carbonyl (C=O) groups excluding carboxylic acids is 2. The Kier molecular flexibility index (Phi) is 5.66. The van der Waals surface area contributed by atoms with Crippen LogP contribution in [0.25, 0.3) is 0 Å². The summed E-state index contributed by atoms with van der Waals surface area (Å²) in [5, 5.41) is 0. The Morgan fingerprint density at radius 2 is 1.68 bits per heavy atom. The molecule has 0 saturated carbocycles. The van der Waals surface area contributed by atoms with Crippen LogP contribution in [0.1, 0.15) is 11.1 Å². The van der Waals surface area contributed by atoms with Crippen molar-refractivity contribution in [3.8, 4) is 5.75 Å². The van der Waals surface area contributed by atoms with Crippen LogP contribution in [0, 0.1) is 13.8 Å². The van der Waals surface area contributed by atoms with Crippen molar-refractivity contribution in [1.29, 1.82) is 0 Å². The molecule has 0 unspecified atom stereocenters. The number of nitrogens with zero attached hydrogens (tertiary/aromatic N) is 2. The number of piperazine rings is 1. The molecule has 6 heteroatoms. The van der Waals surface area contributed by atoms with Gasteiger partial charge in [0.15, 0.2) is 6.61 Å². The molecule has 0 aromatic heterocycles. The summed E-state index contributed by atoms with van der Waals surface area (Å²) in [6.45, 7) is 6.12. The van der Waals surface area contributed by atoms with Crippen LogP contribution in [0.5, 0.6) is 5.75 Å². The largest absolute Gasteiger partial charge is 0.483 e. The van der Waals surface area contributed by atoms with Gasteiger partial charge in [-0.25, -0.2) is 0 Å². The number of aryl methyl sites for hydroxylation is 1. The Morgan fingerprint density at radius 3 is 2.27 bits per heavy atom. The molecule has 1 aromatic rings. The van der Waals surface area contributed by atoms with E-state index in [2.05, 4.69) is 0 Å². The second-order valence-electron chi connectivity index (χ2n) is 5.38. The monoisotopic (exact) mass is 324 g/mol. The van der Waals surface area contributed by atoms with Gasteiger partial charge in [0.05, 0.1) is 0 Å². The van der Waals surface area contributed by atoms with Crippen molar-refractivity contribution in [2.24, 2.45) is 0 Å². The summed E-state index contributed by atoms with van der Waals surface area (Å²) < 4.78 is 5.64. The maximum Gasteiger partial charge on any atom is 0.260 e. The molecule has 0 N–H and O–H groups in total. The number of ether oxygens (including phenoxy) is 1. The molecule has 0 radical (unpaired) electrons. The van der Waals surface area contributed by atoms with E-state index in [9.17, 15) is 9.59 Å². The third kappa shape index (κ3) is 3.91. The predicted molar refractivity (Wildman–Crippen MR) is 85.3 cm³/mol. The van der Waals surface area contributed by atoms with Crippen LogP contribution in [0.2, 0.25) is 0 Å². The van der Waals surface area contributed by atoms with Gasteiger partial charge >= 0.3 is 0 Å². The average molecular weight is 325 g/mol. The van der Waals surface area contributed by atoms with E-state index in [0.717, 1.165) is 16.9 Å². The smallest absolute Gasteiger partial charge is 0.260 e. The zero-order chi connectivity index (χ0) is 16.1. The molecule has 0 aliphatic carbocycles. The molecule has 22 heavy (non-hydrogen) atoms. The SMILES string of the molecule is Cc1cccc(OCC(=O)N2CCN(C(=O)CCl)CC2)c1C. The normalized spacial score (nSPS) is 14.9. The van der Waals surface area contributed by atoms with Crippen LogP contribution in [-0.2, 0) is 9.59 Å². The Labute approximate surface area is 135 Å². The minimum absolute atomic E-state index is 0.0102. The van der Waals surface area contributed by atoms with E-state index < -0.39 is 0 Å². The summed E-state index contributed by atoms with van der Waals surface area (Å²) >= 11 is 5.54. The molecule has 2 rings (SSSR count). The lowest BCUT2D eigenvalue weighted by molar-refractivity contribution is -0.139. The van der Waals surface area contributed by atoms with Crippen LogP contribution in [-0.4, -0.2) is 60.3 Å². The summed E-state index contributed by atoms with van der Waals surface area (Å²) in [5.41, 5.74) is 2.19. The molecular weight excluding hydrogens is 304 g/mol. The maximum atomic E-state index is 12.2. The Bertz CT molecular complexity index is 554. The number of amides is 2. The quantitative estimate of drug-likeness (QED) is 0.790. The van der Waals surface area contributed by atoms with Gasteiger partial charge in [0.25, 0.3) is 5.91 Å². The topological polar surface area (TPSA) is 49.9 Å². The van der Waals surface area contributed by atoms with E-state index in [4.69, 9.17) is 16.3 Å². The molecule has 0 atom stereocenters. The fourth-order valence-electron chi connectivity index (χ4n) is 2.40. The molecule has 1 aliphatic rings. The summed E-state index contributed by atoms with van der Waals surface area (Å²) in [6.07, 6.45) is 0. The fraction of sp³-hybridized carbons (Fsp3) is 0.500. The van der Waals surface area contributed by atoms with Crippen LogP contribution in [0.3, 0.4) is 0 Å². The van der Waals surface area contributed by atoms with Crippen molar-refractivity contribution in [2.75, 3.05) is 38.7 Å². The lowest BCUT2D eigenvalue weighted by Gasteiger charge is -2.34. The molecule has 0 spiro atoms. The first kappa shape index (κ1) is 16.6. The van der Waals surface area contributed by atoms with Crippen molar-refractivity contribution in [3.05, 3.63) is 29.3 Å². The van der Waals surface area contributed by atoms with Crippen molar-refractivity contribution in [3.63, 3.8) is 0 Å². The first-order valence-corrected chi connectivity index (χ1v) is 7.87. The van der Waals surface area contributed by atoms with E-state index in [1.165, 1.54) is 0 Å². The summed E-state index contributed by atoms with van der Waals surface area (Å²) in [6, 6.07) is 5.79. The van der Waals surface area contributed by atoms with Crippen molar-refractivity contribution in [1.82, 2.24) is 9.80 Å². The van der Waals surface area contributed by atoms with Gasteiger partial charge in [0.2, 0.25) is 5.91 Å². The lowest BCUT2D eigenvalue weighted by atomic mass is 10.1. The number of alkyl halides is 1. The molecule has 1 aliphatic heterocycles. The van der Waals surface area contributed by atoms with E-state index in [1.54, 1.807) is 9.80 Å². The molecular formula is C16H21ClN2O3. The molecule has 1 heterocycles. The van der Waals surface area contributed by atoms with Gasteiger partial charge in [0, 0.05) is 26.2 Å². The first-order valence-electron chi connectivity index (χ1n) is 7.33. The highest BCUT2D eigenvalue weighted by Gasteiger charge is 2.23. The van der Waals surface area contributed by atoms with Crippen molar-refractivity contribution in [2.45, 2.75) is 13.8 Å². The van der Waals surface area contributed by atoms with Crippen LogP contribution in [0.15, 0.2) is 18.2 Å². The second kappa shape index (κ2) is 7.49. The second-order valence-corrected chi connectivity index (χ2v) is 5.65. The minimum Gasteiger partial charge on any atom is -0.483 e. The molecule has 120 valence electrons. The highest BCUT2D eigenvalue weighted by atomic mass is 35.5. The van der Waals surface area contributed by atoms with E-state index in [0.29, 0.717) is 26.2 Å². The average Bonchev–Trinajstić information content (AvgIpc) is 2.55.